The number of aliphatic hydroxyl groups excluding tert-OH is 1. The van der Waals surface area contributed by atoms with Gasteiger partial charge in [-0.05, 0) is 70.1 Å². The normalized spacial score (nSPS) is 22.7. The molecule has 3 N–H and O–H groups in total. The second kappa shape index (κ2) is 10.9. The zero-order valence-electron chi connectivity index (χ0n) is 19.0. The van der Waals surface area contributed by atoms with Gasteiger partial charge in [0, 0.05) is 18.4 Å². The minimum absolute atomic E-state index is 0.0586. The van der Waals surface area contributed by atoms with Crippen LogP contribution in [0.5, 0.6) is 0 Å². The number of aliphatic imine (C=N–C) groups is 1. The zero-order valence-corrected chi connectivity index (χ0v) is 19.0. The molecule has 0 saturated heterocycles. The lowest BCUT2D eigenvalue weighted by Gasteiger charge is -2.18. The summed E-state index contributed by atoms with van der Waals surface area (Å²) in [5.74, 6) is -0.0432. The highest BCUT2D eigenvalue weighted by molar-refractivity contribution is 6.29. The van der Waals surface area contributed by atoms with Crippen molar-refractivity contribution in [3.63, 3.8) is 0 Å². The molecule has 0 aromatic heterocycles. The van der Waals surface area contributed by atoms with Gasteiger partial charge in [0.2, 0.25) is 0 Å². The van der Waals surface area contributed by atoms with Gasteiger partial charge in [-0.25, -0.2) is 0 Å². The lowest BCUT2D eigenvalue weighted by molar-refractivity contribution is -0.124. The SMILES string of the molecule is C=C=C(CCCC/C(=C/C)CC)C(=O)CC1(C)N=C(N)/C(=C/C2=CCCC(O)=C2)C1=O. The number of nitrogens with two attached hydrogens (primary N) is 1. The first-order chi connectivity index (χ1) is 14.7. The number of Topliss-reactive ketones (excluding diaryl/α,β-unsaturated/α-hetero) is 2. The van der Waals surface area contributed by atoms with Gasteiger partial charge in [-0.1, -0.05) is 31.2 Å². The van der Waals surface area contributed by atoms with E-state index in [9.17, 15) is 14.7 Å². The maximum Gasteiger partial charge on any atom is 0.194 e. The highest BCUT2D eigenvalue weighted by Crippen LogP contribution is 2.31. The highest BCUT2D eigenvalue weighted by atomic mass is 16.3. The number of carbonyl (C=O) groups is 2. The number of carbonyl (C=O) groups excluding carboxylic acids is 2. The Kier molecular flexibility index (Phi) is 8.58. The van der Waals surface area contributed by atoms with Gasteiger partial charge >= 0.3 is 0 Å². The molecule has 0 saturated carbocycles. The average molecular weight is 423 g/mol. The number of nitrogens with zero attached hydrogens (tertiary/aromatic N) is 1. The lowest BCUT2D eigenvalue weighted by atomic mass is 9.86. The average Bonchev–Trinajstić information content (AvgIpc) is 2.93. The third-order valence-electron chi connectivity index (χ3n) is 5.89. The van der Waals surface area contributed by atoms with Crippen molar-refractivity contribution in [2.24, 2.45) is 10.7 Å². The monoisotopic (exact) mass is 422 g/mol. The van der Waals surface area contributed by atoms with Crippen molar-refractivity contribution in [3.8, 4) is 0 Å². The molecule has 1 heterocycles. The van der Waals surface area contributed by atoms with Crippen molar-refractivity contribution in [3.05, 3.63) is 64.7 Å². The first kappa shape index (κ1) is 24.4. The van der Waals surface area contributed by atoms with Crippen molar-refractivity contribution in [1.82, 2.24) is 0 Å². The van der Waals surface area contributed by atoms with Gasteiger partial charge in [-0.15, -0.1) is 5.73 Å². The first-order valence-electron chi connectivity index (χ1n) is 11.0. The van der Waals surface area contributed by atoms with Crippen LogP contribution < -0.4 is 5.73 Å². The van der Waals surface area contributed by atoms with Gasteiger partial charge in [0.15, 0.2) is 11.6 Å². The molecule has 2 aliphatic rings. The summed E-state index contributed by atoms with van der Waals surface area (Å²) in [6.45, 7) is 9.51. The summed E-state index contributed by atoms with van der Waals surface area (Å²) >= 11 is 0. The molecule has 5 heteroatoms. The number of hydrogen-bond acceptors (Lipinski definition) is 5. The summed E-state index contributed by atoms with van der Waals surface area (Å²) in [5, 5.41) is 9.72. The number of aliphatic hydroxyl groups is 1. The van der Waals surface area contributed by atoms with Crippen LogP contribution in [-0.2, 0) is 9.59 Å². The largest absolute Gasteiger partial charge is 0.512 e. The summed E-state index contributed by atoms with van der Waals surface area (Å²) in [7, 11) is 0. The molecule has 0 amide bonds. The molecule has 0 aromatic rings. The zero-order chi connectivity index (χ0) is 23.0. The molecule has 0 radical (unpaired) electrons. The van der Waals surface area contributed by atoms with E-state index in [0.717, 1.165) is 31.3 Å². The van der Waals surface area contributed by atoms with E-state index in [-0.39, 0.29) is 35.2 Å². The lowest BCUT2D eigenvalue weighted by Crippen LogP contribution is -2.33. The molecular weight excluding hydrogens is 388 g/mol. The van der Waals surface area contributed by atoms with E-state index >= 15 is 0 Å². The fraction of sp³-hybridized carbons (Fsp3) is 0.462. The van der Waals surface area contributed by atoms with Crippen LogP contribution in [0, 0.1) is 0 Å². The maximum atomic E-state index is 13.1. The number of hydrogen-bond donors (Lipinski definition) is 2. The molecular formula is C26H34N2O3. The van der Waals surface area contributed by atoms with Crippen molar-refractivity contribution < 1.29 is 14.7 Å². The molecule has 0 aromatic carbocycles. The van der Waals surface area contributed by atoms with Gasteiger partial charge in [0.05, 0.1) is 11.3 Å². The van der Waals surface area contributed by atoms with Gasteiger partial charge in [0.25, 0.3) is 0 Å². The molecule has 1 aliphatic carbocycles. The fourth-order valence-corrected chi connectivity index (χ4v) is 3.94. The predicted octanol–water partition coefficient (Wildman–Crippen LogP) is 5.36. The van der Waals surface area contributed by atoms with Crippen LogP contribution in [-0.4, -0.2) is 28.0 Å². The fourth-order valence-electron chi connectivity index (χ4n) is 3.94. The first-order valence-corrected chi connectivity index (χ1v) is 11.0. The van der Waals surface area contributed by atoms with Crippen molar-refractivity contribution >= 4 is 17.4 Å². The van der Waals surface area contributed by atoms with Crippen molar-refractivity contribution in [2.75, 3.05) is 0 Å². The molecule has 31 heavy (non-hydrogen) atoms. The van der Waals surface area contributed by atoms with Crippen molar-refractivity contribution in [2.45, 2.75) is 77.7 Å². The third-order valence-corrected chi connectivity index (χ3v) is 5.89. The number of allylic oxidation sites excluding steroid dienone is 8. The Bertz CT molecular complexity index is 940. The minimum Gasteiger partial charge on any atom is -0.512 e. The van der Waals surface area contributed by atoms with E-state index in [1.165, 1.54) is 5.57 Å². The summed E-state index contributed by atoms with van der Waals surface area (Å²) in [6.07, 6.45) is 13.1. The quantitative estimate of drug-likeness (QED) is 0.214. The second-order valence-electron chi connectivity index (χ2n) is 8.30. The Morgan fingerprint density at radius 1 is 1.39 bits per heavy atom. The molecule has 1 atom stereocenters. The Hall–Kier alpha value is -2.91. The van der Waals surface area contributed by atoms with Gasteiger partial charge < -0.3 is 10.8 Å². The maximum absolute atomic E-state index is 13.1. The summed E-state index contributed by atoms with van der Waals surface area (Å²) in [5.41, 5.74) is 10.5. The second-order valence-corrected chi connectivity index (χ2v) is 8.30. The molecule has 0 fully saturated rings. The van der Waals surface area contributed by atoms with Crippen LogP contribution in [0.15, 0.2) is 69.7 Å². The highest BCUT2D eigenvalue weighted by Gasteiger charge is 2.43. The van der Waals surface area contributed by atoms with E-state index < -0.39 is 5.54 Å². The molecule has 0 spiro atoms. The Labute approximate surface area is 185 Å². The van der Waals surface area contributed by atoms with Gasteiger partial charge in [-0.3, -0.25) is 14.6 Å². The van der Waals surface area contributed by atoms with Crippen LogP contribution in [0.2, 0.25) is 0 Å². The van der Waals surface area contributed by atoms with E-state index in [4.69, 9.17) is 5.73 Å². The number of rotatable bonds is 10. The summed E-state index contributed by atoms with van der Waals surface area (Å²) in [6, 6.07) is 0. The van der Waals surface area contributed by atoms with Crippen LogP contribution >= 0.6 is 0 Å². The molecule has 166 valence electrons. The molecule has 1 aliphatic heterocycles. The Morgan fingerprint density at radius 3 is 2.71 bits per heavy atom. The van der Waals surface area contributed by atoms with E-state index in [0.29, 0.717) is 24.8 Å². The van der Waals surface area contributed by atoms with Gasteiger partial charge in [-0.2, -0.15) is 0 Å². The van der Waals surface area contributed by atoms with Crippen LogP contribution in [0.25, 0.3) is 0 Å². The molecule has 1 unspecified atom stereocenters. The molecule has 2 rings (SSSR count). The minimum atomic E-state index is -1.23. The van der Waals surface area contributed by atoms with E-state index in [1.54, 1.807) is 19.1 Å². The number of ketones is 2. The van der Waals surface area contributed by atoms with E-state index in [1.807, 2.05) is 6.08 Å². The number of unbranched alkanes of at least 4 members (excludes halogenated alkanes) is 1. The Balaban J connectivity index is 2.04. The molecule has 0 bridgehead atoms. The van der Waals surface area contributed by atoms with Crippen molar-refractivity contribution in [1.29, 1.82) is 0 Å². The number of amidine groups is 1. The standard InChI is InChI=1S/C26H34N2O3/c1-5-18(6-2)11-8-9-13-20(7-3)23(30)17-26(4)24(31)22(25(27)28-26)16-19-12-10-14-21(29)15-19/h5,12,15-16,29H,3,6,8-11,13-14,17H2,1-2,4H3,(H2,27,28)/b18-5+,22-16+. The topological polar surface area (TPSA) is 92.8 Å². The van der Waals surface area contributed by atoms with Gasteiger partial charge in [0.1, 0.15) is 11.4 Å². The van der Waals surface area contributed by atoms with Crippen LogP contribution in [0.3, 0.4) is 0 Å². The van der Waals surface area contributed by atoms with E-state index in [2.05, 4.69) is 37.2 Å². The predicted molar refractivity (Wildman–Crippen MR) is 126 cm³/mol. The smallest absolute Gasteiger partial charge is 0.194 e. The van der Waals surface area contributed by atoms with Crippen LogP contribution in [0.4, 0.5) is 0 Å². The third kappa shape index (κ3) is 6.28. The summed E-state index contributed by atoms with van der Waals surface area (Å²) < 4.78 is 0. The van der Waals surface area contributed by atoms with Crippen LogP contribution in [0.1, 0.15) is 72.1 Å². The summed E-state index contributed by atoms with van der Waals surface area (Å²) in [4.78, 5) is 30.3. The molecule has 5 nitrogen and oxygen atoms in total. The Morgan fingerprint density at radius 2 is 2.10 bits per heavy atom.